The molecular weight excluding hydrogens is 376 g/mol. The molecule has 8 heteroatoms. The highest BCUT2D eigenvalue weighted by atomic mass is 32.2. The number of carbonyl (C=O) groups is 1. The molecule has 1 aliphatic rings. The van der Waals surface area contributed by atoms with E-state index in [0.29, 0.717) is 47.4 Å². The molecule has 0 unspecified atom stereocenters. The zero-order valence-electron chi connectivity index (χ0n) is 15.4. The molecule has 28 heavy (non-hydrogen) atoms. The van der Waals surface area contributed by atoms with E-state index in [1.165, 1.54) is 16.3 Å². The Morgan fingerprint density at radius 2 is 1.89 bits per heavy atom. The highest BCUT2D eigenvalue weighted by molar-refractivity contribution is 7.98. The summed E-state index contributed by atoms with van der Waals surface area (Å²) in [4.78, 5) is 47.0. The summed E-state index contributed by atoms with van der Waals surface area (Å²) in [5.74, 6) is -0.0596. The van der Waals surface area contributed by atoms with Crippen LogP contribution in [0.2, 0.25) is 0 Å². The monoisotopic (exact) mass is 396 g/mol. The first kappa shape index (κ1) is 18.5. The summed E-state index contributed by atoms with van der Waals surface area (Å²) in [6.07, 6.45) is 4.68. The van der Waals surface area contributed by atoms with Crippen molar-refractivity contribution >= 4 is 28.6 Å². The van der Waals surface area contributed by atoms with Crippen molar-refractivity contribution in [1.29, 1.82) is 0 Å². The van der Waals surface area contributed by atoms with E-state index >= 15 is 0 Å². The first-order chi connectivity index (χ1) is 13.6. The van der Waals surface area contributed by atoms with Crippen molar-refractivity contribution in [2.24, 2.45) is 0 Å². The van der Waals surface area contributed by atoms with Gasteiger partial charge in [0.15, 0.2) is 0 Å². The molecule has 3 aromatic rings. The van der Waals surface area contributed by atoms with Gasteiger partial charge in [0.05, 0.1) is 16.5 Å². The number of aromatic amines is 1. The van der Waals surface area contributed by atoms with Crippen LogP contribution in [0.15, 0.2) is 57.2 Å². The van der Waals surface area contributed by atoms with Gasteiger partial charge in [0.25, 0.3) is 11.5 Å². The van der Waals surface area contributed by atoms with Gasteiger partial charge in [-0.05, 0) is 43.4 Å². The maximum atomic E-state index is 12.9. The van der Waals surface area contributed by atoms with Gasteiger partial charge in [-0.2, -0.15) is 0 Å². The predicted molar refractivity (Wildman–Crippen MR) is 109 cm³/mol. The van der Waals surface area contributed by atoms with Crippen molar-refractivity contribution in [3.05, 3.63) is 69.0 Å². The molecule has 0 atom stereocenters. The lowest BCUT2D eigenvalue weighted by Crippen LogP contribution is -2.45. The number of H-pyrrole nitrogens is 1. The Morgan fingerprint density at radius 3 is 2.64 bits per heavy atom. The lowest BCUT2D eigenvalue weighted by Gasteiger charge is -2.32. The number of fused-ring (bicyclic) bond motifs is 1. The molecule has 1 N–H and O–H groups in total. The second-order valence-electron chi connectivity index (χ2n) is 6.73. The van der Waals surface area contributed by atoms with Crippen molar-refractivity contribution in [3.8, 4) is 0 Å². The van der Waals surface area contributed by atoms with E-state index in [9.17, 15) is 14.4 Å². The molecule has 1 amide bonds. The fourth-order valence-electron chi connectivity index (χ4n) is 3.72. The topological polar surface area (TPSA) is 88.1 Å². The molecule has 144 valence electrons. The minimum atomic E-state index is -0.398. The Morgan fingerprint density at radius 1 is 1.14 bits per heavy atom. The molecule has 7 nitrogen and oxygen atoms in total. The van der Waals surface area contributed by atoms with E-state index in [2.05, 4.69) is 9.97 Å². The smallest absolute Gasteiger partial charge is 0.329 e. The Hall–Kier alpha value is -2.87. The van der Waals surface area contributed by atoms with Crippen LogP contribution >= 0.6 is 11.8 Å². The fourth-order valence-corrected chi connectivity index (χ4v) is 4.26. The fraction of sp³-hybridized carbons (Fsp3) is 0.300. The van der Waals surface area contributed by atoms with Crippen molar-refractivity contribution < 1.29 is 4.79 Å². The summed E-state index contributed by atoms with van der Waals surface area (Å²) < 4.78 is 1.31. The molecule has 0 radical (unpaired) electrons. The standard InChI is InChI=1S/C20H20N4O3S/c1-28-17-15(6-4-10-21-17)18(25)23-11-8-13(9-12-23)24-19(26)14-5-2-3-7-16(14)22-20(24)27/h2-7,10,13H,8-9,11-12H2,1H3,(H,22,27). The number of piperidine rings is 1. The van der Waals surface area contributed by atoms with Gasteiger partial charge in [-0.1, -0.05) is 12.1 Å². The largest absolute Gasteiger partial charge is 0.338 e. The summed E-state index contributed by atoms with van der Waals surface area (Å²) in [5, 5.41) is 1.21. The minimum absolute atomic E-state index is 0.0596. The molecule has 1 aromatic carbocycles. The third-order valence-electron chi connectivity index (χ3n) is 5.15. The Labute approximate surface area is 165 Å². The number of aromatic nitrogens is 3. The van der Waals surface area contributed by atoms with Crippen LogP contribution in [0.5, 0.6) is 0 Å². The first-order valence-electron chi connectivity index (χ1n) is 9.12. The van der Waals surface area contributed by atoms with Crippen molar-refractivity contribution in [2.75, 3.05) is 19.3 Å². The quantitative estimate of drug-likeness (QED) is 0.686. The maximum absolute atomic E-state index is 12.9. The molecular formula is C20H20N4O3S. The molecule has 3 heterocycles. The van der Waals surface area contributed by atoms with Gasteiger partial charge >= 0.3 is 5.69 Å². The van der Waals surface area contributed by atoms with Gasteiger partial charge in [0.1, 0.15) is 5.03 Å². The number of thioether (sulfide) groups is 1. The third kappa shape index (κ3) is 3.24. The zero-order valence-corrected chi connectivity index (χ0v) is 16.2. The normalized spacial score (nSPS) is 15.1. The number of para-hydroxylation sites is 1. The number of benzene rings is 1. The molecule has 1 fully saturated rings. The molecule has 0 spiro atoms. The lowest BCUT2D eigenvalue weighted by molar-refractivity contribution is 0.0687. The summed E-state index contributed by atoms with van der Waals surface area (Å²) in [5.41, 5.74) is 0.461. The summed E-state index contributed by atoms with van der Waals surface area (Å²) in [6.45, 7) is 0.982. The van der Waals surface area contributed by atoms with Crippen molar-refractivity contribution in [1.82, 2.24) is 19.4 Å². The van der Waals surface area contributed by atoms with E-state index in [-0.39, 0.29) is 17.5 Å². The number of pyridine rings is 1. The number of amides is 1. The van der Waals surface area contributed by atoms with Crippen LogP contribution in [0, 0.1) is 0 Å². The van der Waals surface area contributed by atoms with Crippen LogP contribution in [0.25, 0.3) is 10.9 Å². The number of rotatable bonds is 3. The zero-order chi connectivity index (χ0) is 19.7. The molecule has 0 aliphatic carbocycles. The van der Waals surface area contributed by atoms with E-state index in [1.54, 1.807) is 47.5 Å². The van der Waals surface area contributed by atoms with Gasteiger partial charge in [0, 0.05) is 25.3 Å². The van der Waals surface area contributed by atoms with Crippen LogP contribution < -0.4 is 11.2 Å². The number of carbonyl (C=O) groups excluding carboxylic acids is 1. The minimum Gasteiger partial charge on any atom is -0.338 e. The third-order valence-corrected chi connectivity index (χ3v) is 5.86. The highest BCUT2D eigenvalue weighted by Gasteiger charge is 2.27. The van der Waals surface area contributed by atoms with Crippen molar-refractivity contribution in [3.63, 3.8) is 0 Å². The SMILES string of the molecule is CSc1ncccc1C(=O)N1CCC(n2c(=O)[nH]c3ccccc3c2=O)CC1. The second-order valence-corrected chi connectivity index (χ2v) is 7.53. The molecule has 1 aliphatic heterocycles. The summed E-state index contributed by atoms with van der Waals surface area (Å²) in [6, 6.07) is 10.3. The molecule has 0 bridgehead atoms. The highest BCUT2D eigenvalue weighted by Crippen LogP contribution is 2.24. The van der Waals surface area contributed by atoms with E-state index in [4.69, 9.17) is 0 Å². The van der Waals surface area contributed by atoms with Gasteiger partial charge in [-0.25, -0.2) is 9.78 Å². The molecule has 2 aromatic heterocycles. The summed E-state index contributed by atoms with van der Waals surface area (Å²) in [7, 11) is 0. The Balaban J connectivity index is 1.57. The number of hydrogen-bond donors (Lipinski definition) is 1. The van der Waals surface area contributed by atoms with Crippen molar-refractivity contribution in [2.45, 2.75) is 23.9 Å². The average molecular weight is 396 g/mol. The van der Waals surface area contributed by atoms with Crippen LogP contribution in [-0.2, 0) is 0 Å². The van der Waals surface area contributed by atoms with E-state index in [1.807, 2.05) is 6.26 Å². The van der Waals surface area contributed by atoms with Gasteiger partial charge < -0.3 is 9.88 Å². The Kier molecular flexibility index (Phi) is 5.04. The first-order valence-corrected chi connectivity index (χ1v) is 10.3. The maximum Gasteiger partial charge on any atom is 0.329 e. The molecule has 4 rings (SSSR count). The number of likely N-dealkylation sites (tertiary alicyclic amines) is 1. The number of nitrogens with zero attached hydrogens (tertiary/aromatic N) is 3. The van der Waals surface area contributed by atoms with E-state index in [0.717, 1.165) is 0 Å². The Bertz CT molecular complexity index is 1150. The molecule has 1 saturated heterocycles. The number of nitrogens with one attached hydrogen (secondary N) is 1. The van der Waals surface area contributed by atoms with Crippen LogP contribution in [-0.4, -0.2) is 44.7 Å². The van der Waals surface area contributed by atoms with Gasteiger partial charge in [0.2, 0.25) is 0 Å². The van der Waals surface area contributed by atoms with Gasteiger partial charge in [-0.3, -0.25) is 14.2 Å². The van der Waals surface area contributed by atoms with Gasteiger partial charge in [-0.15, -0.1) is 11.8 Å². The molecule has 0 saturated carbocycles. The average Bonchev–Trinajstić information content (AvgIpc) is 2.73. The second kappa shape index (κ2) is 7.63. The number of hydrogen-bond acceptors (Lipinski definition) is 5. The predicted octanol–water partition coefficient (Wildman–Crippen LogP) is 2.28. The van der Waals surface area contributed by atoms with E-state index < -0.39 is 5.69 Å². The van der Waals surface area contributed by atoms with Crippen LogP contribution in [0.4, 0.5) is 0 Å². The van der Waals surface area contributed by atoms with Crippen LogP contribution in [0.1, 0.15) is 29.2 Å². The summed E-state index contributed by atoms with van der Waals surface area (Å²) >= 11 is 1.44. The van der Waals surface area contributed by atoms with Crippen LogP contribution in [0.3, 0.4) is 0 Å². The lowest BCUT2D eigenvalue weighted by atomic mass is 10.0.